The van der Waals surface area contributed by atoms with Gasteiger partial charge in [-0.1, -0.05) is 17.7 Å². The largest absolute Gasteiger partial charge is 0.465 e. The molecular formula is C20H16ClNO7. The monoisotopic (exact) mass is 417 g/mol. The summed E-state index contributed by atoms with van der Waals surface area (Å²) in [6, 6.07) is 8.72. The van der Waals surface area contributed by atoms with E-state index in [9.17, 15) is 19.2 Å². The van der Waals surface area contributed by atoms with Crippen LogP contribution in [-0.2, 0) is 25.4 Å². The topological polar surface area (TPSA) is 108 Å². The van der Waals surface area contributed by atoms with Gasteiger partial charge in [0.2, 0.25) is 0 Å². The van der Waals surface area contributed by atoms with Gasteiger partial charge in [0.25, 0.3) is 5.91 Å². The lowest BCUT2D eigenvalue weighted by atomic mass is 9.98. The van der Waals surface area contributed by atoms with E-state index in [1.165, 1.54) is 38.5 Å². The van der Waals surface area contributed by atoms with E-state index in [4.69, 9.17) is 21.1 Å². The molecule has 1 amide bonds. The third-order valence-electron chi connectivity index (χ3n) is 4.34. The summed E-state index contributed by atoms with van der Waals surface area (Å²) in [4.78, 5) is 48.7. The van der Waals surface area contributed by atoms with Crippen LogP contribution in [0.5, 0.6) is 0 Å². The van der Waals surface area contributed by atoms with Crippen molar-refractivity contribution >= 4 is 41.1 Å². The van der Waals surface area contributed by atoms with Crippen molar-refractivity contribution in [3.05, 3.63) is 63.7 Å². The first-order valence-corrected chi connectivity index (χ1v) is 8.82. The molecule has 0 unspecified atom stereocenters. The highest BCUT2D eigenvalue weighted by molar-refractivity contribution is 6.31. The lowest BCUT2D eigenvalue weighted by Crippen LogP contribution is -2.38. The summed E-state index contributed by atoms with van der Waals surface area (Å²) in [5.74, 6) is -2.69. The van der Waals surface area contributed by atoms with Crippen molar-refractivity contribution in [2.45, 2.75) is 12.5 Å². The first-order valence-electron chi connectivity index (χ1n) is 8.45. The van der Waals surface area contributed by atoms with Gasteiger partial charge in [0, 0.05) is 11.4 Å². The fourth-order valence-corrected chi connectivity index (χ4v) is 3.06. The molecule has 0 saturated heterocycles. The standard InChI is InChI=1S/C20H16ClNO7/c1-27-18(24)11-4-6-13(19(25)28-2)15(7-11)22-17(23)16-8-10-3-5-12(21)9-14(10)20(26)29-16/h3-7,9,16H,8H2,1-2H3,(H,22,23)/t16-/m0/s1. The van der Waals surface area contributed by atoms with Gasteiger partial charge in [0.15, 0.2) is 6.10 Å². The zero-order valence-electron chi connectivity index (χ0n) is 15.5. The smallest absolute Gasteiger partial charge is 0.339 e. The summed E-state index contributed by atoms with van der Waals surface area (Å²) in [6.45, 7) is 0. The van der Waals surface area contributed by atoms with Gasteiger partial charge < -0.3 is 19.5 Å². The minimum atomic E-state index is -1.12. The maximum Gasteiger partial charge on any atom is 0.339 e. The van der Waals surface area contributed by atoms with E-state index in [2.05, 4.69) is 10.1 Å². The van der Waals surface area contributed by atoms with Gasteiger partial charge in [-0.25, -0.2) is 14.4 Å². The van der Waals surface area contributed by atoms with Crippen LogP contribution in [-0.4, -0.2) is 44.1 Å². The number of nitrogens with one attached hydrogen (secondary N) is 1. The Kier molecular flexibility index (Phi) is 5.84. The van der Waals surface area contributed by atoms with Crippen LogP contribution in [0.2, 0.25) is 5.02 Å². The first-order chi connectivity index (χ1) is 13.8. The molecule has 0 spiro atoms. The van der Waals surface area contributed by atoms with E-state index in [1.54, 1.807) is 12.1 Å². The second-order valence-electron chi connectivity index (χ2n) is 6.13. The predicted molar refractivity (Wildman–Crippen MR) is 102 cm³/mol. The second-order valence-corrected chi connectivity index (χ2v) is 6.57. The number of halogens is 1. The number of rotatable bonds is 4. The van der Waals surface area contributed by atoms with Gasteiger partial charge in [-0.15, -0.1) is 0 Å². The number of fused-ring (bicyclic) bond motifs is 1. The Morgan fingerprint density at radius 1 is 1.07 bits per heavy atom. The van der Waals surface area contributed by atoms with Gasteiger partial charge in [0.05, 0.1) is 36.6 Å². The van der Waals surface area contributed by atoms with E-state index in [0.717, 1.165) is 0 Å². The van der Waals surface area contributed by atoms with Crippen molar-refractivity contribution in [1.82, 2.24) is 0 Å². The molecule has 1 N–H and O–H groups in total. The van der Waals surface area contributed by atoms with E-state index < -0.39 is 29.9 Å². The first kappa shape index (κ1) is 20.3. The average Bonchev–Trinajstić information content (AvgIpc) is 2.72. The molecule has 2 aromatic rings. The Balaban J connectivity index is 1.88. The molecule has 1 aliphatic heterocycles. The molecule has 9 heteroatoms. The number of ether oxygens (including phenoxy) is 3. The molecule has 3 rings (SSSR count). The molecular weight excluding hydrogens is 402 g/mol. The summed E-state index contributed by atoms with van der Waals surface area (Å²) in [5.41, 5.74) is 1.09. The molecule has 2 aromatic carbocycles. The number of hydrogen-bond donors (Lipinski definition) is 1. The van der Waals surface area contributed by atoms with Crippen LogP contribution in [0.15, 0.2) is 36.4 Å². The molecule has 1 aliphatic rings. The molecule has 0 bridgehead atoms. The summed E-state index contributed by atoms with van der Waals surface area (Å²) >= 11 is 5.89. The van der Waals surface area contributed by atoms with Crippen molar-refractivity contribution in [2.75, 3.05) is 19.5 Å². The molecule has 8 nitrogen and oxygen atoms in total. The molecule has 0 fully saturated rings. The normalized spacial score (nSPS) is 15.0. The molecule has 29 heavy (non-hydrogen) atoms. The molecule has 0 saturated carbocycles. The Bertz CT molecular complexity index is 1020. The highest BCUT2D eigenvalue weighted by Crippen LogP contribution is 2.26. The van der Waals surface area contributed by atoms with Crippen LogP contribution >= 0.6 is 11.6 Å². The van der Waals surface area contributed by atoms with E-state index in [-0.39, 0.29) is 23.2 Å². The van der Waals surface area contributed by atoms with Gasteiger partial charge in [0.1, 0.15) is 0 Å². The van der Waals surface area contributed by atoms with Gasteiger partial charge >= 0.3 is 17.9 Å². The summed E-state index contributed by atoms with van der Waals surface area (Å²) in [6.07, 6.45) is -0.989. The van der Waals surface area contributed by atoms with Crippen LogP contribution in [0.4, 0.5) is 5.69 Å². The second kappa shape index (κ2) is 8.32. The number of amides is 1. The number of hydrogen-bond acceptors (Lipinski definition) is 7. The van der Waals surface area contributed by atoms with Crippen LogP contribution in [0.3, 0.4) is 0 Å². The highest BCUT2D eigenvalue weighted by atomic mass is 35.5. The number of carbonyl (C=O) groups excluding carboxylic acids is 4. The van der Waals surface area contributed by atoms with Crippen molar-refractivity contribution in [2.24, 2.45) is 0 Å². The van der Waals surface area contributed by atoms with Crippen molar-refractivity contribution in [1.29, 1.82) is 0 Å². The summed E-state index contributed by atoms with van der Waals surface area (Å²) in [7, 11) is 2.40. The Labute approximate surface area is 170 Å². The third-order valence-corrected chi connectivity index (χ3v) is 4.58. The summed E-state index contributed by atoms with van der Waals surface area (Å²) in [5, 5.41) is 2.91. The van der Waals surface area contributed by atoms with Gasteiger partial charge in [-0.2, -0.15) is 0 Å². The fraction of sp³-hybridized carbons (Fsp3) is 0.200. The Hall–Kier alpha value is -3.39. The minimum Gasteiger partial charge on any atom is -0.465 e. The van der Waals surface area contributed by atoms with Crippen molar-refractivity contribution in [3.8, 4) is 0 Å². The average molecular weight is 418 g/mol. The van der Waals surface area contributed by atoms with Crippen LogP contribution < -0.4 is 5.32 Å². The quantitative estimate of drug-likeness (QED) is 0.601. The molecule has 1 heterocycles. The lowest BCUT2D eigenvalue weighted by Gasteiger charge is -2.24. The number of cyclic esters (lactones) is 1. The third kappa shape index (κ3) is 4.22. The predicted octanol–water partition coefficient (Wildman–Crippen LogP) is 2.63. The van der Waals surface area contributed by atoms with E-state index >= 15 is 0 Å². The fourth-order valence-electron chi connectivity index (χ4n) is 2.89. The number of carbonyl (C=O) groups is 4. The molecule has 0 radical (unpaired) electrons. The number of anilines is 1. The maximum absolute atomic E-state index is 12.7. The van der Waals surface area contributed by atoms with Crippen molar-refractivity contribution in [3.63, 3.8) is 0 Å². The molecule has 0 aliphatic carbocycles. The SMILES string of the molecule is COC(=O)c1ccc(C(=O)OC)c(NC(=O)[C@@H]2Cc3ccc(Cl)cc3C(=O)O2)c1. The molecule has 150 valence electrons. The lowest BCUT2D eigenvalue weighted by molar-refractivity contribution is -0.125. The minimum absolute atomic E-state index is 0.0303. The Morgan fingerprint density at radius 3 is 2.48 bits per heavy atom. The van der Waals surface area contributed by atoms with Gasteiger partial charge in [-0.3, -0.25) is 4.79 Å². The van der Waals surface area contributed by atoms with Crippen molar-refractivity contribution < 1.29 is 33.4 Å². The molecule has 0 aromatic heterocycles. The maximum atomic E-state index is 12.7. The van der Waals surface area contributed by atoms with Crippen LogP contribution in [0, 0.1) is 0 Å². The number of esters is 3. The van der Waals surface area contributed by atoms with E-state index in [1.807, 2.05) is 0 Å². The zero-order valence-corrected chi connectivity index (χ0v) is 16.2. The zero-order chi connectivity index (χ0) is 21.1. The van der Waals surface area contributed by atoms with Crippen LogP contribution in [0.25, 0.3) is 0 Å². The summed E-state index contributed by atoms with van der Waals surface area (Å²) < 4.78 is 14.6. The number of methoxy groups -OCH3 is 2. The number of benzene rings is 2. The Morgan fingerprint density at radius 2 is 1.79 bits per heavy atom. The van der Waals surface area contributed by atoms with Crippen LogP contribution in [0.1, 0.15) is 36.6 Å². The highest BCUT2D eigenvalue weighted by Gasteiger charge is 2.32. The molecule has 1 atom stereocenters. The van der Waals surface area contributed by atoms with E-state index in [0.29, 0.717) is 16.1 Å². The van der Waals surface area contributed by atoms with Gasteiger partial charge in [-0.05, 0) is 35.9 Å².